The van der Waals surface area contributed by atoms with Crippen LogP contribution in [0, 0.1) is 0 Å². The zero-order chi connectivity index (χ0) is 17.8. The topological polar surface area (TPSA) is 47.5 Å². The Morgan fingerprint density at radius 3 is 2.77 bits per heavy atom. The van der Waals surface area contributed by atoms with Gasteiger partial charge >= 0.3 is 0 Å². The van der Waals surface area contributed by atoms with Crippen molar-refractivity contribution in [3.8, 4) is 11.6 Å². The molecule has 26 heavy (non-hydrogen) atoms. The van der Waals surface area contributed by atoms with E-state index < -0.39 is 0 Å². The zero-order valence-electron chi connectivity index (χ0n) is 14.8. The van der Waals surface area contributed by atoms with Gasteiger partial charge < -0.3 is 14.4 Å². The van der Waals surface area contributed by atoms with E-state index in [1.807, 2.05) is 42.5 Å². The third-order valence-electron chi connectivity index (χ3n) is 4.57. The predicted molar refractivity (Wildman–Crippen MR) is 101 cm³/mol. The number of hydrogen-bond donors (Lipinski definition) is 0. The van der Waals surface area contributed by atoms with Crippen molar-refractivity contribution in [3.63, 3.8) is 0 Å². The number of hydrogen-bond acceptors (Lipinski definition) is 5. The molecule has 0 saturated heterocycles. The summed E-state index contributed by atoms with van der Waals surface area (Å²) in [6.07, 6.45) is 2.67. The molecule has 4 rings (SSSR count). The number of anilines is 1. The van der Waals surface area contributed by atoms with Gasteiger partial charge in [0, 0.05) is 30.9 Å². The van der Waals surface area contributed by atoms with Gasteiger partial charge in [-0.15, -0.1) is 0 Å². The van der Waals surface area contributed by atoms with E-state index in [0.29, 0.717) is 18.4 Å². The van der Waals surface area contributed by atoms with Gasteiger partial charge in [0.05, 0.1) is 7.11 Å². The third kappa shape index (κ3) is 3.47. The minimum Gasteiger partial charge on any atom is -0.496 e. The van der Waals surface area contributed by atoms with Gasteiger partial charge in [-0.25, -0.2) is 4.98 Å². The molecule has 0 bridgehead atoms. The molecule has 0 spiro atoms. The van der Waals surface area contributed by atoms with Crippen LogP contribution in [0.4, 0.5) is 5.95 Å². The Hall–Kier alpha value is -3.08. The van der Waals surface area contributed by atoms with Crippen molar-refractivity contribution in [2.75, 3.05) is 18.6 Å². The molecular weight excluding hydrogens is 326 g/mol. The molecule has 0 aliphatic carbocycles. The minimum absolute atomic E-state index is 0.497. The van der Waals surface area contributed by atoms with Crippen molar-refractivity contribution in [2.24, 2.45) is 0 Å². The Morgan fingerprint density at radius 1 is 1.04 bits per heavy atom. The van der Waals surface area contributed by atoms with E-state index in [2.05, 4.69) is 20.9 Å². The molecule has 0 fully saturated rings. The van der Waals surface area contributed by atoms with Crippen LogP contribution in [-0.4, -0.2) is 23.6 Å². The second kappa shape index (κ2) is 7.44. The van der Waals surface area contributed by atoms with E-state index in [-0.39, 0.29) is 0 Å². The first kappa shape index (κ1) is 16.4. The first-order chi connectivity index (χ1) is 12.8. The Bertz CT molecular complexity index is 883. The average Bonchev–Trinajstić information content (AvgIpc) is 2.72. The number of nitrogens with zero attached hydrogens (tertiary/aromatic N) is 3. The van der Waals surface area contributed by atoms with Crippen LogP contribution in [0.25, 0.3) is 0 Å². The van der Waals surface area contributed by atoms with Crippen LogP contribution in [0.3, 0.4) is 0 Å². The van der Waals surface area contributed by atoms with Crippen LogP contribution in [-0.2, 0) is 19.6 Å². The number of methoxy groups -OCH3 is 1. The molecule has 0 radical (unpaired) electrons. The molecule has 0 atom stereocenters. The quantitative estimate of drug-likeness (QED) is 0.705. The maximum Gasteiger partial charge on any atom is 0.228 e. The van der Waals surface area contributed by atoms with Crippen molar-refractivity contribution in [1.82, 2.24) is 9.97 Å². The second-order valence-electron chi connectivity index (χ2n) is 6.24. The SMILES string of the molecule is COc1cccc2c1CCN(c1nccc(OCc3ccccc3)n1)C2. The Labute approximate surface area is 153 Å². The van der Waals surface area contributed by atoms with Crippen LogP contribution in [0.2, 0.25) is 0 Å². The number of aromatic nitrogens is 2. The van der Waals surface area contributed by atoms with E-state index in [0.717, 1.165) is 30.8 Å². The molecule has 0 saturated carbocycles. The lowest BCUT2D eigenvalue weighted by molar-refractivity contribution is 0.293. The summed E-state index contributed by atoms with van der Waals surface area (Å²) in [4.78, 5) is 11.2. The van der Waals surface area contributed by atoms with Gasteiger partial charge in [0.15, 0.2) is 0 Å². The molecule has 0 N–H and O–H groups in total. The van der Waals surface area contributed by atoms with Crippen LogP contribution in [0.1, 0.15) is 16.7 Å². The Kier molecular flexibility index (Phi) is 4.69. The zero-order valence-corrected chi connectivity index (χ0v) is 14.8. The molecule has 1 aliphatic rings. The first-order valence-corrected chi connectivity index (χ1v) is 8.73. The van der Waals surface area contributed by atoms with Crippen LogP contribution in [0.5, 0.6) is 11.6 Å². The van der Waals surface area contributed by atoms with Crippen LogP contribution in [0.15, 0.2) is 60.8 Å². The van der Waals surface area contributed by atoms with Gasteiger partial charge in [-0.1, -0.05) is 42.5 Å². The van der Waals surface area contributed by atoms with Crippen molar-refractivity contribution in [2.45, 2.75) is 19.6 Å². The number of ether oxygens (including phenoxy) is 2. The third-order valence-corrected chi connectivity index (χ3v) is 4.57. The highest BCUT2D eigenvalue weighted by atomic mass is 16.5. The molecule has 132 valence electrons. The van der Waals surface area contributed by atoms with Crippen molar-refractivity contribution >= 4 is 5.95 Å². The van der Waals surface area contributed by atoms with Crippen molar-refractivity contribution in [1.29, 1.82) is 0 Å². The lowest BCUT2D eigenvalue weighted by Gasteiger charge is -2.29. The van der Waals surface area contributed by atoms with Gasteiger partial charge in [0.1, 0.15) is 12.4 Å². The summed E-state index contributed by atoms with van der Waals surface area (Å²) in [5.41, 5.74) is 3.66. The largest absolute Gasteiger partial charge is 0.496 e. The molecule has 0 unspecified atom stereocenters. The summed E-state index contributed by atoms with van der Waals surface area (Å²) in [5.74, 6) is 2.25. The van der Waals surface area contributed by atoms with Gasteiger partial charge in [-0.3, -0.25) is 0 Å². The fraction of sp³-hybridized carbons (Fsp3) is 0.238. The highest BCUT2D eigenvalue weighted by Gasteiger charge is 2.21. The van der Waals surface area contributed by atoms with Gasteiger partial charge in [0.25, 0.3) is 0 Å². The Morgan fingerprint density at radius 2 is 1.92 bits per heavy atom. The van der Waals surface area contributed by atoms with Crippen LogP contribution >= 0.6 is 0 Å². The van der Waals surface area contributed by atoms with Gasteiger partial charge in [-0.2, -0.15) is 4.98 Å². The van der Waals surface area contributed by atoms with E-state index in [4.69, 9.17) is 9.47 Å². The van der Waals surface area contributed by atoms with Gasteiger partial charge in [0.2, 0.25) is 11.8 Å². The van der Waals surface area contributed by atoms with Gasteiger partial charge in [-0.05, 0) is 23.6 Å². The standard InChI is InChI=1S/C21H21N3O2/c1-25-19-9-5-8-17-14-24(13-11-18(17)19)21-22-12-10-20(23-21)26-15-16-6-3-2-4-7-16/h2-10,12H,11,13-15H2,1H3. The number of fused-ring (bicyclic) bond motifs is 1. The number of rotatable bonds is 5. The molecule has 3 aromatic rings. The maximum atomic E-state index is 5.83. The lowest BCUT2D eigenvalue weighted by Crippen LogP contribution is -2.32. The molecule has 2 aromatic carbocycles. The monoisotopic (exact) mass is 347 g/mol. The highest BCUT2D eigenvalue weighted by molar-refractivity contribution is 5.46. The molecular formula is C21H21N3O2. The summed E-state index contributed by atoms with van der Waals surface area (Å²) in [5, 5.41) is 0. The predicted octanol–water partition coefficient (Wildman–Crippen LogP) is 3.63. The van der Waals surface area contributed by atoms with Crippen LogP contribution < -0.4 is 14.4 Å². The van der Waals surface area contributed by atoms with Crippen molar-refractivity contribution in [3.05, 3.63) is 77.5 Å². The van der Waals surface area contributed by atoms with Crippen molar-refractivity contribution < 1.29 is 9.47 Å². The molecule has 0 amide bonds. The maximum absolute atomic E-state index is 5.83. The summed E-state index contributed by atoms with van der Waals surface area (Å²) in [6, 6.07) is 18.1. The Balaban J connectivity index is 1.48. The second-order valence-corrected chi connectivity index (χ2v) is 6.24. The minimum atomic E-state index is 0.497. The summed E-state index contributed by atoms with van der Waals surface area (Å²) in [7, 11) is 1.72. The molecule has 5 heteroatoms. The highest BCUT2D eigenvalue weighted by Crippen LogP contribution is 2.29. The lowest BCUT2D eigenvalue weighted by atomic mass is 9.99. The number of benzene rings is 2. The average molecular weight is 347 g/mol. The summed E-state index contributed by atoms with van der Waals surface area (Å²) >= 11 is 0. The molecule has 2 heterocycles. The first-order valence-electron chi connectivity index (χ1n) is 8.73. The smallest absolute Gasteiger partial charge is 0.228 e. The molecule has 1 aromatic heterocycles. The van der Waals surface area contributed by atoms with E-state index in [9.17, 15) is 0 Å². The normalized spacial score (nSPS) is 13.2. The molecule has 1 aliphatic heterocycles. The summed E-state index contributed by atoms with van der Waals surface area (Å²) in [6.45, 7) is 2.13. The van der Waals surface area contributed by atoms with E-state index in [1.165, 1.54) is 11.1 Å². The molecule has 5 nitrogen and oxygen atoms in total. The van der Waals surface area contributed by atoms with E-state index in [1.54, 1.807) is 19.4 Å². The fourth-order valence-corrected chi connectivity index (χ4v) is 3.23. The summed E-state index contributed by atoms with van der Waals surface area (Å²) < 4.78 is 11.3. The van der Waals surface area contributed by atoms with E-state index >= 15 is 0 Å². The fourth-order valence-electron chi connectivity index (χ4n) is 3.23.